The van der Waals surface area contributed by atoms with E-state index < -0.39 is 0 Å². The Hall–Kier alpha value is -2.77. The van der Waals surface area contributed by atoms with Gasteiger partial charge in [-0.1, -0.05) is 13.8 Å². The Labute approximate surface area is 145 Å². The molecule has 132 valence electrons. The molecule has 1 N–H and O–H groups in total. The number of likely N-dealkylation sites (tertiary alicyclic amines) is 1. The van der Waals surface area contributed by atoms with Crippen LogP contribution < -0.4 is 10.3 Å². The number of ether oxygens (including phenoxy) is 1. The Balaban J connectivity index is 1.89. The number of H-pyrrole nitrogens is 1. The molecule has 2 aromatic rings. The normalized spacial score (nSPS) is 17.1. The number of aromatic amines is 1. The minimum atomic E-state index is -0.249. The fraction of sp³-hybridized carbons (Fsp3) is 0.471. The van der Waals surface area contributed by atoms with Crippen LogP contribution in [-0.4, -0.2) is 44.4 Å². The number of aromatic nitrogens is 4. The number of nitrogens with zero attached hydrogens (tertiary/aromatic N) is 4. The highest BCUT2D eigenvalue weighted by molar-refractivity contribution is 5.94. The van der Waals surface area contributed by atoms with Gasteiger partial charge in [-0.05, 0) is 18.8 Å². The van der Waals surface area contributed by atoms with E-state index in [0.29, 0.717) is 17.9 Å². The maximum absolute atomic E-state index is 12.8. The molecule has 1 aliphatic heterocycles. The summed E-state index contributed by atoms with van der Waals surface area (Å²) >= 11 is 0. The first-order valence-electron chi connectivity index (χ1n) is 8.27. The molecule has 1 amide bonds. The third-order valence-corrected chi connectivity index (χ3v) is 4.26. The van der Waals surface area contributed by atoms with Crippen molar-refractivity contribution in [1.29, 1.82) is 0 Å². The van der Waals surface area contributed by atoms with Crippen molar-refractivity contribution in [3.8, 4) is 6.01 Å². The molecule has 0 aliphatic carbocycles. The van der Waals surface area contributed by atoms with E-state index in [1.807, 2.05) is 13.8 Å². The number of hydrogen-bond acceptors (Lipinski definition) is 6. The van der Waals surface area contributed by atoms with Gasteiger partial charge >= 0.3 is 6.01 Å². The van der Waals surface area contributed by atoms with Crippen molar-refractivity contribution in [1.82, 2.24) is 24.8 Å². The zero-order valence-corrected chi connectivity index (χ0v) is 14.5. The first-order valence-corrected chi connectivity index (χ1v) is 8.27. The molecular formula is C17H21N5O3. The zero-order chi connectivity index (χ0) is 18.0. The van der Waals surface area contributed by atoms with E-state index in [-0.39, 0.29) is 29.4 Å². The van der Waals surface area contributed by atoms with Crippen molar-refractivity contribution in [3.05, 3.63) is 45.9 Å². The van der Waals surface area contributed by atoms with Gasteiger partial charge in [-0.25, -0.2) is 15.0 Å². The summed E-state index contributed by atoms with van der Waals surface area (Å²) in [5.74, 6) is 0.501. The number of rotatable bonds is 4. The van der Waals surface area contributed by atoms with Crippen LogP contribution in [0.1, 0.15) is 60.5 Å². The molecule has 25 heavy (non-hydrogen) atoms. The average molecular weight is 343 g/mol. The lowest BCUT2D eigenvalue weighted by Gasteiger charge is -2.24. The minimum Gasteiger partial charge on any atom is -0.467 e. The van der Waals surface area contributed by atoms with Crippen molar-refractivity contribution >= 4 is 5.91 Å². The van der Waals surface area contributed by atoms with E-state index in [9.17, 15) is 9.59 Å². The van der Waals surface area contributed by atoms with Crippen LogP contribution in [0.3, 0.4) is 0 Å². The molecule has 0 spiro atoms. The topological polar surface area (TPSA) is 101 Å². The highest BCUT2D eigenvalue weighted by Crippen LogP contribution is 2.31. The average Bonchev–Trinajstić information content (AvgIpc) is 3.10. The van der Waals surface area contributed by atoms with Crippen LogP contribution in [0.5, 0.6) is 6.01 Å². The van der Waals surface area contributed by atoms with Crippen molar-refractivity contribution in [3.63, 3.8) is 0 Å². The van der Waals surface area contributed by atoms with E-state index >= 15 is 0 Å². The predicted molar refractivity (Wildman–Crippen MR) is 90.5 cm³/mol. The Bertz CT molecular complexity index is 816. The summed E-state index contributed by atoms with van der Waals surface area (Å²) in [7, 11) is 1.47. The molecular weight excluding hydrogens is 322 g/mol. The van der Waals surface area contributed by atoms with E-state index in [0.717, 1.165) is 18.5 Å². The largest absolute Gasteiger partial charge is 0.467 e. The van der Waals surface area contributed by atoms with Gasteiger partial charge in [0.2, 0.25) is 0 Å². The van der Waals surface area contributed by atoms with E-state index in [4.69, 9.17) is 4.74 Å². The predicted octanol–water partition coefficient (Wildman–Crippen LogP) is 1.67. The molecule has 2 aromatic heterocycles. The number of amides is 1. The summed E-state index contributed by atoms with van der Waals surface area (Å²) in [4.78, 5) is 41.8. The molecule has 8 heteroatoms. The van der Waals surface area contributed by atoms with Crippen LogP contribution in [0.4, 0.5) is 0 Å². The Kier molecular flexibility index (Phi) is 4.78. The molecule has 0 radical (unpaired) electrons. The van der Waals surface area contributed by atoms with Crippen LogP contribution in [0.2, 0.25) is 0 Å². The van der Waals surface area contributed by atoms with Crippen LogP contribution in [0, 0.1) is 0 Å². The zero-order valence-electron chi connectivity index (χ0n) is 14.5. The maximum Gasteiger partial charge on any atom is 0.316 e. The van der Waals surface area contributed by atoms with Gasteiger partial charge < -0.3 is 14.6 Å². The van der Waals surface area contributed by atoms with Crippen LogP contribution in [-0.2, 0) is 0 Å². The summed E-state index contributed by atoms with van der Waals surface area (Å²) in [5, 5.41) is 0. The smallest absolute Gasteiger partial charge is 0.316 e. The van der Waals surface area contributed by atoms with Gasteiger partial charge in [0, 0.05) is 25.0 Å². The molecule has 0 unspecified atom stereocenters. The summed E-state index contributed by atoms with van der Waals surface area (Å²) in [6.07, 6.45) is 4.50. The second-order valence-corrected chi connectivity index (χ2v) is 6.33. The number of carbonyl (C=O) groups excluding carboxylic acids is 1. The van der Waals surface area contributed by atoms with Crippen molar-refractivity contribution < 1.29 is 9.53 Å². The van der Waals surface area contributed by atoms with E-state index in [2.05, 4.69) is 19.9 Å². The van der Waals surface area contributed by atoms with Crippen molar-refractivity contribution in [2.24, 2.45) is 0 Å². The Morgan fingerprint density at radius 1 is 1.36 bits per heavy atom. The highest BCUT2D eigenvalue weighted by atomic mass is 16.5. The fourth-order valence-corrected chi connectivity index (χ4v) is 2.94. The van der Waals surface area contributed by atoms with E-state index in [1.54, 1.807) is 4.90 Å². The minimum absolute atomic E-state index is 0.140. The lowest BCUT2D eigenvalue weighted by molar-refractivity contribution is 0.0728. The summed E-state index contributed by atoms with van der Waals surface area (Å²) in [6.45, 7) is 4.57. The van der Waals surface area contributed by atoms with E-state index in [1.165, 1.54) is 25.6 Å². The summed E-state index contributed by atoms with van der Waals surface area (Å²) < 4.78 is 4.92. The molecule has 1 fully saturated rings. The highest BCUT2D eigenvalue weighted by Gasteiger charge is 2.33. The number of carbonyl (C=O) groups is 1. The number of nitrogens with one attached hydrogen (secondary N) is 1. The second kappa shape index (κ2) is 7.00. The molecule has 1 aliphatic rings. The third-order valence-electron chi connectivity index (χ3n) is 4.26. The van der Waals surface area contributed by atoms with Gasteiger partial charge in [0.25, 0.3) is 11.5 Å². The first-order chi connectivity index (χ1) is 12.0. The van der Waals surface area contributed by atoms with Crippen molar-refractivity contribution in [2.75, 3.05) is 13.7 Å². The first kappa shape index (κ1) is 17.1. The van der Waals surface area contributed by atoms with Gasteiger partial charge in [0.15, 0.2) is 0 Å². The third kappa shape index (κ3) is 3.52. The lowest BCUT2D eigenvalue weighted by atomic mass is 10.1. The maximum atomic E-state index is 12.8. The molecule has 0 aromatic carbocycles. The second-order valence-electron chi connectivity index (χ2n) is 6.33. The van der Waals surface area contributed by atoms with Gasteiger partial charge in [0.05, 0.1) is 24.4 Å². The quantitative estimate of drug-likeness (QED) is 0.906. The lowest BCUT2D eigenvalue weighted by Crippen LogP contribution is -2.32. The molecule has 0 saturated carbocycles. The Morgan fingerprint density at radius 2 is 2.08 bits per heavy atom. The summed E-state index contributed by atoms with van der Waals surface area (Å²) in [6, 6.07) is 1.47. The molecule has 1 atom stereocenters. The molecule has 0 bridgehead atoms. The Morgan fingerprint density at radius 3 is 2.72 bits per heavy atom. The summed E-state index contributed by atoms with van der Waals surface area (Å²) in [5.41, 5.74) is 0.918. The monoisotopic (exact) mass is 343 g/mol. The van der Waals surface area contributed by atoms with Crippen LogP contribution in [0.15, 0.2) is 23.3 Å². The molecule has 3 rings (SSSR count). The number of methoxy groups -OCH3 is 1. The fourth-order valence-electron chi connectivity index (χ4n) is 2.94. The van der Waals surface area contributed by atoms with Gasteiger partial charge in [0.1, 0.15) is 5.82 Å². The molecule has 8 nitrogen and oxygen atoms in total. The van der Waals surface area contributed by atoms with Gasteiger partial charge in [-0.15, -0.1) is 0 Å². The van der Waals surface area contributed by atoms with Gasteiger partial charge in [-0.3, -0.25) is 9.59 Å². The van der Waals surface area contributed by atoms with Crippen molar-refractivity contribution in [2.45, 2.75) is 38.6 Å². The van der Waals surface area contributed by atoms with Crippen LogP contribution >= 0.6 is 0 Å². The van der Waals surface area contributed by atoms with Gasteiger partial charge in [-0.2, -0.15) is 0 Å². The van der Waals surface area contributed by atoms with Crippen LogP contribution in [0.25, 0.3) is 0 Å². The molecule has 3 heterocycles. The standard InChI is InChI=1S/C17H21N5O3/c1-10(2)12-7-14(23)21-15(20-12)13-5-4-6-22(13)16(24)11-8-18-17(25-3)19-9-11/h7-10,13H,4-6H2,1-3H3,(H,20,21,23)/t13-/m1/s1. The molecule has 1 saturated heterocycles. The number of hydrogen-bond donors (Lipinski definition) is 1. The SMILES string of the molecule is COc1ncc(C(=O)N2CCC[C@@H]2c2nc(C(C)C)cc(=O)[nH]2)cn1.